The van der Waals surface area contributed by atoms with E-state index in [0.29, 0.717) is 13.3 Å². The Kier molecular flexibility index (Phi) is 7.75. The van der Waals surface area contributed by atoms with Crippen LogP contribution in [0.2, 0.25) is 25.7 Å². The van der Waals surface area contributed by atoms with Crippen LogP contribution in [0.5, 0.6) is 0 Å². The van der Waals surface area contributed by atoms with E-state index in [0.717, 1.165) is 60.6 Å². The predicted molar refractivity (Wildman–Crippen MR) is 139 cm³/mol. The summed E-state index contributed by atoms with van der Waals surface area (Å²) >= 11 is 0. The summed E-state index contributed by atoms with van der Waals surface area (Å²) in [7, 11) is -1.15. The van der Waals surface area contributed by atoms with Crippen LogP contribution in [0.1, 0.15) is 38.1 Å². The molecule has 4 rings (SSSR count). The molecular formula is C25H35N7O3Si. The minimum absolute atomic E-state index is 0.229. The zero-order valence-corrected chi connectivity index (χ0v) is 22.3. The quantitative estimate of drug-likeness (QED) is 0.278. The number of carbonyl (C=O) groups is 1. The number of ether oxygens (including phenoxy) is 1. The van der Waals surface area contributed by atoms with Gasteiger partial charge in [0.25, 0.3) is 0 Å². The Morgan fingerprint density at radius 1 is 1.33 bits per heavy atom. The van der Waals surface area contributed by atoms with E-state index in [4.69, 9.17) is 4.74 Å². The first-order valence-electron chi connectivity index (χ1n) is 12.5. The van der Waals surface area contributed by atoms with Crippen LogP contribution < -0.4 is 5.32 Å². The maximum absolute atomic E-state index is 11.2. The number of fused-ring (bicyclic) bond motifs is 1. The molecule has 0 radical (unpaired) electrons. The van der Waals surface area contributed by atoms with Gasteiger partial charge in [0, 0.05) is 50.0 Å². The van der Waals surface area contributed by atoms with Crippen molar-refractivity contribution in [3.8, 4) is 17.3 Å². The first kappa shape index (κ1) is 25.8. The number of nitrogens with one attached hydrogen (secondary N) is 1. The molecule has 1 saturated carbocycles. The third-order valence-electron chi connectivity index (χ3n) is 7.16. The van der Waals surface area contributed by atoms with Crippen LogP contribution in [0.15, 0.2) is 31.0 Å². The third-order valence-corrected chi connectivity index (χ3v) is 8.86. The molecule has 3 aromatic rings. The van der Waals surface area contributed by atoms with Gasteiger partial charge in [0.05, 0.1) is 30.4 Å². The molecule has 10 nitrogen and oxygen atoms in total. The van der Waals surface area contributed by atoms with E-state index in [2.05, 4.69) is 46.1 Å². The van der Waals surface area contributed by atoms with Gasteiger partial charge in [0.1, 0.15) is 18.7 Å². The van der Waals surface area contributed by atoms with Gasteiger partial charge >= 0.3 is 6.09 Å². The molecule has 3 aromatic heterocycles. The Balaban J connectivity index is 1.58. The zero-order chi connectivity index (χ0) is 25.8. The number of nitriles is 1. The van der Waals surface area contributed by atoms with Gasteiger partial charge in [0.2, 0.25) is 0 Å². The number of aromatic nitrogens is 5. The van der Waals surface area contributed by atoms with Crippen molar-refractivity contribution < 1.29 is 14.6 Å². The van der Waals surface area contributed by atoms with E-state index in [1.807, 2.05) is 27.7 Å². The lowest BCUT2D eigenvalue weighted by Crippen LogP contribution is -2.41. The molecule has 0 spiro atoms. The highest BCUT2D eigenvalue weighted by molar-refractivity contribution is 6.76. The minimum Gasteiger partial charge on any atom is -0.465 e. The third kappa shape index (κ3) is 5.76. The van der Waals surface area contributed by atoms with E-state index < -0.39 is 14.2 Å². The molecule has 36 heavy (non-hydrogen) atoms. The van der Waals surface area contributed by atoms with Gasteiger partial charge in [-0.05, 0) is 25.0 Å². The molecule has 11 heteroatoms. The molecule has 1 amide bonds. The van der Waals surface area contributed by atoms with E-state index in [-0.39, 0.29) is 17.9 Å². The summed E-state index contributed by atoms with van der Waals surface area (Å²) in [5.41, 5.74) is 2.07. The molecule has 3 heterocycles. The molecule has 1 atom stereocenters. The van der Waals surface area contributed by atoms with Gasteiger partial charge in [-0.1, -0.05) is 32.5 Å². The number of hydrogen-bond acceptors (Lipinski definition) is 6. The maximum Gasteiger partial charge on any atom is 0.404 e. The molecule has 0 saturated heterocycles. The highest BCUT2D eigenvalue weighted by Crippen LogP contribution is 2.47. The van der Waals surface area contributed by atoms with Crippen LogP contribution in [0.3, 0.4) is 0 Å². The van der Waals surface area contributed by atoms with E-state index in [1.54, 1.807) is 12.5 Å². The molecule has 0 aliphatic heterocycles. The predicted octanol–water partition coefficient (Wildman–Crippen LogP) is 4.89. The summed E-state index contributed by atoms with van der Waals surface area (Å²) in [5.74, 6) is 0. The van der Waals surface area contributed by atoms with Crippen molar-refractivity contribution in [2.45, 2.75) is 70.6 Å². The molecule has 0 aromatic carbocycles. The highest BCUT2D eigenvalue weighted by Gasteiger charge is 2.43. The van der Waals surface area contributed by atoms with Gasteiger partial charge in [-0.25, -0.2) is 14.8 Å². The van der Waals surface area contributed by atoms with E-state index in [1.165, 1.54) is 0 Å². The zero-order valence-electron chi connectivity index (χ0n) is 21.3. The standard InChI is InChI=1S/C25H35N7O3Si/c1-36(2,3)13-12-35-18-31-11-7-20-22(28-17-29-23(20)31)19-14-30-32(15-19)21(6-10-26)25(8-4-5-9-25)16-27-24(33)34/h7,11,14-15,17,21,27H,4-6,8-9,12-13,16,18H2,1-3H3,(H,33,34). The maximum atomic E-state index is 11.2. The summed E-state index contributed by atoms with van der Waals surface area (Å²) in [4.78, 5) is 20.3. The fourth-order valence-electron chi connectivity index (χ4n) is 5.15. The Bertz CT molecular complexity index is 1230. The molecule has 0 bridgehead atoms. The minimum atomic E-state index is -1.15. The molecular weight excluding hydrogens is 474 g/mol. The fraction of sp³-hybridized carbons (Fsp3) is 0.560. The summed E-state index contributed by atoms with van der Waals surface area (Å²) in [6.45, 7) is 8.48. The molecule has 192 valence electrons. The lowest BCUT2D eigenvalue weighted by molar-refractivity contribution is 0.0899. The number of rotatable bonds is 11. The second-order valence-electron chi connectivity index (χ2n) is 10.9. The van der Waals surface area contributed by atoms with Crippen LogP contribution in [-0.4, -0.2) is 56.7 Å². The highest BCUT2D eigenvalue weighted by atomic mass is 28.3. The summed E-state index contributed by atoms with van der Waals surface area (Å²) in [5, 5.41) is 26.9. The van der Waals surface area contributed by atoms with Crippen LogP contribution in [0.25, 0.3) is 22.3 Å². The Morgan fingerprint density at radius 2 is 2.11 bits per heavy atom. The number of hydrogen-bond donors (Lipinski definition) is 2. The Hall–Kier alpha value is -3.23. The van der Waals surface area contributed by atoms with Crippen molar-refractivity contribution >= 4 is 25.2 Å². The largest absolute Gasteiger partial charge is 0.465 e. The van der Waals surface area contributed by atoms with Crippen molar-refractivity contribution in [3.63, 3.8) is 0 Å². The Morgan fingerprint density at radius 3 is 2.81 bits per heavy atom. The van der Waals surface area contributed by atoms with Gasteiger partial charge in [-0.2, -0.15) is 10.4 Å². The van der Waals surface area contributed by atoms with Crippen molar-refractivity contribution in [1.29, 1.82) is 5.26 Å². The number of nitrogens with zero attached hydrogens (tertiary/aromatic N) is 6. The topological polar surface area (TPSA) is 131 Å². The van der Waals surface area contributed by atoms with Gasteiger partial charge in [0.15, 0.2) is 0 Å². The lowest BCUT2D eigenvalue weighted by atomic mass is 9.77. The van der Waals surface area contributed by atoms with Crippen molar-refractivity contribution in [2.75, 3.05) is 13.2 Å². The second-order valence-corrected chi connectivity index (χ2v) is 16.5. The molecule has 2 N–H and O–H groups in total. The SMILES string of the molecule is C[Si](C)(C)CCOCn1ccc2c(-c3cnn(C(CC#N)C4(CNC(=O)O)CCCC4)c3)ncnc21. The first-order chi connectivity index (χ1) is 17.2. The molecule has 1 fully saturated rings. The number of carboxylic acid groups (broad SMARTS) is 1. The Labute approximate surface area is 212 Å². The smallest absolute Gasteiger partial charge is 0.404 e. The normalized spacial score (nSPS) is 16.2. The molecule has 1 unspecified atom stereocenters. The van der Waals surface area contributed by atoms with Gasteiger partial charge in [-0.15, -0.1) is 0 Å². The lowest BCUT2D eigenvalue weighted by Gasteiger charge is -2.36. The van der Waals surface area contributed by atoms with Crippen molar-refractivity contribution in [1.82, 2.24) is 29.6 Å². The molecule has 1 aliphatic rings. The van der Waals surface area contributed by atoms with Gasteiger partial charge < -0.3 is 19.7 Å². The van der Waals surface area contributed by atoms with Crippen molar-refractivity contribution in [2.24, 2.45) is 5.41 Å². The second kappa shape index (κ2) is 10.8. The monoisotopic (exact) mass is 509 g/mol. The van der Waals surface area contributed by atoms with Crippen LogP contribution in [0.4, 0.5) is 4.79 Å². The van der Waals surface area contributed by atoms with E-state index >= 15 is 0 Å². The average molecular weight is 510 g/mol. The summed E-state index contributed by atoms with van der Waals surface area (Å²) in [6, 6.07) is 5.17. The first-order valence-corrected chi connectivity index (χ1v) is 16.2. The summed E-state index contributed by atoms with van der Waals surface area (Å²) in [6.07, 6.45) is 10.1. The van der Waals surface area contributed by atoms with Crippen LogP contribution in [0, 0.1) is 16.7 Å². The number of amides is 1. The van der Waals surface area contributed by atoms with Crippen molar-refractivity contribution in [3.05, 3.63) is 31.0 Å². The average Bonchev–Trinajstić information content (AvgIpc) is 3.59. The summed E-state index contributed by atoms with van der Waals surface area (Å²) < 4.78 is 9.74. The van der Waals surface area contributed by atoms with Crippen LogP contribution >= 0.6 is 0 Å². The van der Waals surface area contributed by atoms with E-state index in [9.17, 15) is 15.2 Å². The van der Waals surface area contributed by atoms with Crippen LogP contribution in [-0.2, 0) is 11.5 Å². The van der Waals surface area contributed by atoms with Gasteiger partial charge in [-0.3, -0.25) is 4.68 Å². The molecule has 1 aliphatic carbocycles. The fourth-order valence-corrected chi connectivity index (χ4v) is 5.90.